The monoisotopic (exact) mass is 350 g/mol. The van der Waals surface area contributed by atoms with Gasteiger partial charge in [-0.15, -0.1) is 0 Å². The second kappa shape index (κ2) is 5.55. The number of fused-ring (bicyclic) bond motifs is 1. The van der Waals surface area contributed by atoms with Gasteiger partial charge in [0.2, 0.25) is 0 Å². The first kappa shape index (κ1) is 16.3. The van der Waals surface area contributed by atoms with Gasteiger partial charge in [-0.2, -0.15) is 5.26 Å². The third-order valence-electron chi connectivity index (χ3n) is 6.91. The number of ether oxygens (including phenoxy) is 1. The number of piperidine rings is 1. The van der Waals surface area contributed by atoms with Gasteiger partial charge in [-0.3, -0.25) is 0 Å². The number of nitriles is 1. The van der Waals surface area contributed by atoms with Crippen LogP contribution in [0.2, 0.25) is 0 Å². The predicted octanol–water partition coefficient (Wildman–Crippen LogP) is 3.36. The molecule has 5 nitrogen and oxygen atoms in total. The Hall–Kier alpha value is -1.90. The van der Waals surface area contributed by atoms with Crippen molar-refractivity contribution < 1.29 is 4.74 Å². The van der Waals surface area contributed by atoms with Gasteiger partial charge in [-0.25, -0.2) is 4.98 Å². The predicted molar refractivity (Wildman–Crippen MR) is 100.0 cm³/mol. The number of nitrogens with zero attached hydrogens (tertiary/aromatic N) is 3. The summed E-state index contributed by atoms with van der Waals surface area (Å²) in [6, 6.07) is 8.46. The maximum Gasteiger partial charge on any atom is 0.113 e. The molecule has 0 amide bonds. The highest BCUT2D eigenvalue weighted by Gasteiger charge is 2.57. The van der Waals surface area contributed by atoms with Gasteiger partial charge in [0.1, 0.15) is 5.82 Å². The SMILES string of the molecule is CC1(C)COC[C@H]1n1c(C2CC23CCNCC3)nc2ccc(C#N)cc21. The Kier molecular flexibility index (Phi) is 3.47. The summed E-state index contributed by atoms with van der Waals surface area (Å²) in [5.74, 6) is 1.76. The summed E-state index contributed by atoms with van der Waals surface area (Å²) >= 11 is 0. The van der Waals surface area contributed by atoms with Crippen molar-refractivity contribution in [2.45, 2.75) is 45.1 Å². The van der Waals surface area contributed by atoms with Crippen LogP contribution in [0.25, 0.3) is 11.0 Å². The molecule has 1 aliphatic carbocycles. The van der Waals surface area contributed by atoms with Crippen molar-refractivity contribution >= 4 is 11.0 Å². The number of imidazole rings is 1. The quantitative estimate of drug-likeness (QED) is 0.902. The van der Waals surface area contributed by atoms with Gasteiger partial charge in [-0.1, -0.05) is 13.8 Å². The van der Waals surface area contributed by atoms with Crippen LogP contribution >= 0.6 is 0 Å². The number of benzene rings is 1. The summed E-state index contributed by atoms with van der Waals surface area (Å²) in [6.07, 6.45) is 3.74. The maximum absolute atomic E-state index is 9.37. The first-order valence-electron chi connectivity index (χ1n) is 9.75. The molecule has 2 aliphatic heterocycles. The zero-order chi connectivity index (χ0) is 17.9. The average Bonchev–Trinajstić information content (AvgIpc) is 3.01. The van der Waals surface area contributed by atoms with E-state index in [1.165, 1.54) is 25.1 Å². The normalized spacial score (nSPS) is 29.1. The van der Waals surface area contributed by atoms with Crippen LogP contribution in [0.4, 0.5) is 0 Å². The highest BCUT2D eigenvalue weighted by atomic mass is 16.5. The molecule has 136 valence electrons. The van der Waals surface area contributed by atoms with E-state index in [0.717, 1.165) is 37.3 Å². The van der Waals surface area contributed by atoms with Gasteiger partial charge in [0.05, 0.1) is 41.9 Å². The van der Waals surface area contributed by atoms with E-state index >= 15 is 0 Å². The van der Waals surface area contributed by atoms with Crippen molar-refractivity contribution in [2.24, 2.45) is 10.8 Å². The van der Waals surface area contributed by atoms with Crippen molar-refractivity contribution in [3.63, 3.8) is 0 Å². The molecule has 2 aromatic rings. The van der Waals surface area contributed by atoms with Crippen LogP contribution in [0.3, 0.4) is 0 Å². The highest BCUT2D eigenvalue weighted by molar-refractivity contribution is 5.78. The van der Waals surface area contributed by atoms with Crippen LogP contribution < -0.4 is 5.32 Å². The number of nitrogens with one attached hydrogen (secondary N) is 1. The van der Waals surface area contributed by atoms with Crippen LogP contribution in [0, 0.1) is 22.2 Å². The molecule has 1 aromatic carbocycles. The first-order valence-corrected chi connectivity index (χ1v) is 9.75. The highest BCUT2D eigenvalue weighted by Crippen LogP contribution is 2.64. The van der Waals surface area contributed by atoms with E-state index in [1.807, 2.05) is 18.2 Å². The summed E-state index contributed by atoms with van der Waals surface area (Å²) in [4.78, 5) is 5.09. The maximum atomic E-state index is 9.37. The number of aromatic nitrogens is 2. The van der Waals surface area contributed by atoms with Crippen LogP contribution in [-0.4, -0.2) is 35.9 Å². The fourth-order valence-electron chi connectivity index (χ4n) is 5.12. The minimum absolute atomic E-state index is 0.0706. The molecule has 1 saturated carbocycles. The lowest BCUT2D eigenvalue weighted by Crippen LogP contribution is -2.30. The first-order chi connectivity index (χ1) is 12.5. The minimum atomic E-state index is 0.0706. The van der Waals surface area contributed by atoms with E-state index in [9.17, 15) is 5.26 Å². The molecule has 2 saturated heterocycles. The van der Waals surface area contributed by atoms with E-state index in [4.69, 9.17) is 9.72 Å². The Balaban J connectivity index is 1.66. The molecular weight excluding hydrogens is 324 g/mol. The van der Waals surface area contributed by atoms with Crippen molar-refractivity contribution in [3.8, 4) is 6.07 Å². The molecule has 2 atom stereocenters. The van der Waals surface area contributed by atoms with Crippen LogP contribution in [0.15, 0.2) is 18.2 Å². The third-order valence-corrected chi connectivity index (χ3v) is 6.91. The van der Waals surface area contributed by atoms with Gasteiger partial charge in [0, 0.05) is 11.3 Å². The zero-order valence-electron chi connectivity index (χ0n) is 15.6. The average molecular weight is 350 g/mol. The molecule has 3 heterocycles. The summed E-state index contributed by atoms with van der Waals surface area (Å²) in [5.41, 5.74) is 3.32. The molecule has 3 fully saturated rings. The largest absolute Gasteiger partial charge is 0.379 e. The Labute approximate surface area is 154 Å². The van der Waals surface area contributed by atoms with E-state index < -0.39 is 0 Å². The van der Waals surface area contributed by atoms with Gasteiger partial charge >= 0.3 is 0 Å². The molecule has 26 heavy (non-hydrogen) atoms. The van der Waals surface area contributed by atoms with Crippen molar-refractivity contribution in [2.75, 3.05) is 26.3 Å². The summed E-state index contributed by atoms with van der Waals surface area (Å²) in [6.45, 7) is 8.29. The van der Waals surface area contributed by atoms with Gasteiger partial charge in [0.25, 0.3) is 0 Å². The fraction of sp³-hybridized carbons (Fsp3) is 0.619. The van der Waals surface area contributed by atoms with E-state index in [0.29, 0.717) is 16.9 Å². The lowest BCUT2D eigenvalue weighted by molar-refractivity contribution is 0.166. The lowest BCUT2D eigenvalue weighted by Gasteiger charge is -2.29. The molecule has 5 heteroatoms. The standard InChI is InChI=1S/C21H26N4O/c1-20(2)13-26-12-18(20)25-17-9-14(11-22)3-4-16(17)24-19(25)15-10-21(15)5-7-23-8-6-21/h3-4,9,15,18,23H,5-8,10,12-13H2,1-2H3/t15?,18-/m1/s1. The van der Waals surface area contributed by atoms with Crippen molar-refractivity contribution in [3.05, 3.63) is 29.6 Å². The number of rotatable bonds is 2. The molecule has 1 unspecified atom stereocenters. The van der Waals surface area contributed by atoms with Crippen LogP contribution in [-0.2, 0) is 4.74 Å². The van der Waals surface area contributed by atoms with Crippen molar-refractivity contribution in [1.82, 2.24) is 14.9 Å². The van der Waals surface area contributed by atoms with E-state index in [-0.39, 0.29) is 11.5 Å². The summed E-state index contributed by atoms with van der Waals surface area (Å²) in [7, 11) is 0. The molecule has 1 spiro atoms. The lowest BCUT2D eigenvalue weighted by atomic mass is 9.87. The number of hydrogen-bond donors (Lipinski definition) is 1. The smallest absolute Gasteiger partial charge is 0.113 e. The third kappa shape index (κ3) is 2.32. The summed E-state index contributed by atoms with van der Waals surface area (Å²) in [5, 5.41) is 12.9. The molecule has 0 bridgehead atoms. The fourth-order valence-corrected chi connectivity index (χ4v) is 5.12. The molecule has 1 N–H and O–H groups in total. The minimum Gasteiger partial charge on any atom is -0.379 e. The van der Waals surface area contributed by atoms with E-state index in [2.05, 4.69) is 29.8 Å². The molecular formula is C21H26N4O. The van der Waals surface area contributed by atoms with Crippen LogP contribution in [0.1, 0.15) is 56.5 Å². The Bertz CT molecular complexity index is 901. The Morgan fingerprint density at radius 2 is 2.12 bits per heavy atom. The van der Waals surface area contributed by atoms with Gasteiger partial charge < -0.3 is 14.6 Å². The van der Waals surface area contributed by atoms with Crippen molar-refractivity contribution in [1.29, 1.82) is 5.26 Å². The van der Waals surface area contributed by atoms with Gasteiger partial charge in [-0.05, 0) is 56.0 Å². The van der Waals surface area contributed by atoms with Gasteiger partial charge in [0.15, 0.2) is 0 Å². The molecule has 1 aromatic heterocycles. The second-order valence-electron chi connectivity index (χ2n) is 9.04. The molecule has 0 radical (unpaired) electrons. The second-order valence-corrected chi connectivity index (χ2v) is 9.04. The Morgan fingerprint density at radius 3 is 2.81 bits per heavy atom. The topological polar surface area (TPSA) is 62.9 Å². The summed E-state index contributed by atoms with van der Waals surface area (Å²) < 4.78 is 8.31. The van der Waals surface area contributed by atoms with Crippen LogP contribution in [0.5, 0.6) is 0 Å². The number of hydrogen-bond acceptors (Lipinski definition) is 4. The zero-order valence-corrected chi connectivity index (χ0v) is 15.6. The molecule has 3 aliphatic rings. The van der Waals surface area contributed by atoms with E-state index in [1.54, 1.807) is 0 Å². The molecule has 5 rings (SSSR count). The Morgan fingerprint density at radius 1 is 1.31 bits per heavy atom.